The van der Waals surface area contributed by atoms with Gasteiger partial charge in [0, 0.05) is 49.9 Å². The van der Waals surface area contributed by atoms with Gasteiger partial charge in [-0.3, -0.25) is 0 Å². The summed E-state index contributed by atoms with van der Waals surface area (Å²) in [5, 5.41) is 8.89. The van der Waals surface area contributed by atoms with E-state index in [-0.39, 0.29) is 19.5 Å². The van der Waals surface area contributed by atoms with Gasteiger partial charge in [0.1, 0.15) is 0 Å². The minimum atomic E-state index is -1.08. The van der Waals surface area contributed by atoms with E-state index in [1.165, 1.54) is 33.6 Å². The topological polar surface area (TPSA) is 86.4 Å². The SMILES string of the molecule is CC(=O)[O-].CC(C)c1cccc(C(C)C)c1N1CCN(c2c(C(C)C)cccc2C(C)C)C1.[C-]#[O+].[C-]#[O+].[Rh]. The zero-order chi connectivity index (χ0) is 28.9. The van der Waals surface area contributed by atoms with E-state index in [4.69, 9.17) is 19.2 Å². The van der Waals surface area contributed by atoms with E-state index in [1.54, 1.807) is 0 Å². The molecule has 0 amide bonds. The average Bonchev–Trinajstić information content (AvgIpc) is 3.34. The summed E-state index contributed by atoms with van der Waals surface area (Å²) in [6, 6.07) is 13.8. The number of carbonyl (C=O) groups excluding carboxylic acids is 1. The molecule has 0 bridgehead atoms. The van der Waals surface area contributed by atoms with Crippen molar-refractivity contribution in [2.75, 3.05) is 29.6 Å². The van der Waals surface area contributed by atoms with E-state index < -0.39 is 5.97 Å². The van der Waals surface area contributed by atoms with Crippen LogP contribution in [0.4, 0.5) is 11.4 Å². The number of carboxylic acids is 1. The maximum Gasteiger partial charge on any atom is 0 e. The maximum absolute atomic E-state index is 8.89. The molecule has 1 radical (unpaired) electrons. The van der Waals surface area contributed by atoms with Crippen LogP contribution < -0.4 is 14.9 Å². The summed E-state index contributed by atoms with van der Waals surface area (Å²) >= 11 is 0. The number of rotatable bonds is 6. The first-order valence-electron chi connectivity index (χ1n) is 12.8. The van der Waals surface area contributed by atoms with Crippen LogP contribution in [0.5, 0.6) is 0 Å². The number of benzene rings is 2. The summed E-state index contributed by atoms with van der Waals surface area (Å²) in [5.74, 6) is 1.05. The molecule has 1 aliphatic heterocycles. The summed E-state index contributed by atoms with van der Waals surface area (Å²) < 4.78 is 15.0. The van der Waals surface area contributed by atoms with E-state index in [9.17, 15) is 0 Å². The van der Waals surface area contributed by atoms with E-state index >= 15 is 0 Å². The van der Waals surface area contributed by atoms with Crippen LogP contribution in [0.1, 0.15) is 108 Å². The average molecular weight is 611 g/mol. The fraction of sp³-hybridized carbons (Fsp3) is 0.516. The molecule has 0 aliphatic carbocycles. The largest absolute Gasteiger partial charge is 0 e. The molecule has 0 unspecified atom stereocenters. The van der Waals surface area contributed by atoms with Crippen molar-refractivity contribution in [1.29, 1.82) is 0 Å². The second-order valence-electron chi connectivity index (χ2n) is 10.3. The van der Waals surface area contributed by atoms with Crippen LogP contribution in [0.2, 0.25) is 0 Å². The van der Waals surface area contributed by atoms with Crippen molar-refractivity contribution < 1.29 is 38.7 Å². The van der Waals surface area contributed by atoms with Crippen LogP contribution in [0.3, 0.4) is 0 Å². The number of nitrogens with zero attached hydrogens (tertiary/aromatic N) is 2. The Morgan fingerprint density at radius 1 is 0.684 bits per heavy atom. The van der Waals surface area contributed by atoms with Gasteiger partial charge in [-0.2, -0.15) is 0 Å². The molecule has 1 heterocycles. The van der Waals surface area contributed by atoms with Crippen LogP contribution >= 0.6 is 0 Å². The molecule has 1 fully saturated rings. The molecule has 6 nitrogen and oxygen atoms in total. The van der Waals surface area contributed by atoms with E-state index in [2.05, 4.69) is 115 Å². The van der Waals surface area contributed by atoms with Crippen LogP contribution in [0, 0.1) is 13.3 Å². The van der Waals surface area contributed by atoms with Crippen molar-refractivity contribution in [1.82, 2.24) is 0 Å². The van der Waals surface area contributed by atoms with Crippen LogP contribution in [-0.2, 0) is 33.6 Å². The molecule has 3 rings (SSSR count). The minimum Gasteiger partial charge on any atom is 0 e. The van der Waals surface area contributed by atoms with Crippen LogP contribution in [0.15, 0.2) is 36.4 Å². The predicted octanol–water partition coefficient (Wildman–Crippen LogP) is 6.14. The smallest absolute Gasteiger partial charge is 0 e. The fourth-order valence-electron chi connectivity index (χ4n) is 4.71. The summed E-state index contributed by atoms with van der Waals surface area (Å²) in [6.07, 6.45) is 0. The molecule has 0 atom stereocenters. The van der Waals surface area contributed by atoms with Gasteiger partial charge in [0.2, 0.25) is 0 Å². The van der Waals surface area contributed by atoms with Crippen LogP contribution in [0.25, 0.3) is 0 Å². The molecule has 211 valence electrons. The first kappa shape index (κ1) is 37.8. The van der Waals surface area contributed by atoms with Gasteiger partial charge < -0.3 is 19.7 Å². The molecular formula is C31H43N2O4Rh-. The number of para-hydroxylation sites is 2. The monoisotopic (exact) mass is 610 g/mol. The molecular weight excluding hydrogens is 567 g/mol. The summed E-state index contributed by atoms with van der Waals surface area (Å²) in [5.41, 5.74) is 8.90. The van der Waals surface area contributed by atoms with Crippen molar-refractivity contribution in [3.8, 4) is 0 Å². The van der Waals surface area contributed by atoms with E-state index in [0.717, 1.165) is 26.7 Å². The molecule has 7 heteroatoms. The van der Waals surface area contributed by atoms with Crippen molar-refractivity contribution in [2.45, 2.75) is 86.0 Å². The first-order valence-corrected chi connectivity index (χ1v) is 12.8. The minimum absolute atomic E-state index is 0. The van der Waals surface area contributed by atoms with Crippen molar-refractivity contribution >= 4 is 17.3 Å². The van der Waals surface area contributed by atoms with Crippen LogP contribution in [-0.4, -0.2) is 25.7 Å². The Morgan fingerprint density at radius 2 is 0.895 bits per heavy atom. The normalized spacial score (nSPS) is 12.1. The number of anilines is 2. The molecule has 2 aromatic carbocycles. The standard InChI is InChI=1S/C27H40N2.C2H4O2.2CO.Rh/c1-18(2)22-11-9-12-23(19(3)4)26(22)28-15-16-29(17-28)27-24(20(5)6)13-10-14-25(27)21(7)8;1-2(3)4;2*1-2;/h9-14,18-21H,15-17H2,1-8H3;1H3,(H,3,4);;;/p-1. The van der Waals surface area contributed by atoms with Gasteiger partial charge >= 0.3 is 22.6 Å². The van der Waals surface area contributed by atoms with Gasteiger partial charge in [-0.05, 0) is 52.8 Å². The summed E-state index contributed by atoms with van der Waals surface area (Å²) in [6.45, 7) is 31.7. The fourth-order valence-corrected chi connectivity index (χ4v) is 4.71. The molecule has 1 aliphatic rings. The Balaban J connectivity index is 0. The van der Waals surface area contributed by atoms with Gasteiger partial charge in [0.05, 0.1) is 6.67 Å². The Hall–Kier alpha value is -2.39. The quantitative estimate of drug-likeness (QED) is 0.223. The second kappa shape index (κ2) is 18.8. The molecule has 0 saturated carbocycles. The predicted molar refractivity (Wildman–Crippen MR) is 147 cm³/mol. The van der Waals surface area contributed by atoms with Gasteiger partial charge in [0.25, 0.3) is 0 Å². The van der Waals surface area contributed by atoms with E-state index in [1.807, 2.05) is 0 Å². The van der Waals surface area contributed by atoms with Crippen molar-refractivity contribution in [2.24, 2.45) is 0 Å². The molecule has 0 N–H and O–H groups in total. The number of carboxylic acid groups (broad SMARTS) is 1. The van der Waals surface area contributed by atoms with Gasteiger partial charge in [-0.15, -0.1) is 0 Å². The molecule has 38 heavy (non-hydrogen) atoms. The third-order valence-electron chi connectivity index (χ3n) is 6.30. The Bertz CT molecular complexity index is 897. The number of hydrogen-bond acceptors (Lipinski definition) is 4. The molecule has 0 spiro atoms. The number of carbonyl (C=O) groups is 1. The first-order chi connectivity index (χ1) is 17.5. The zero-order valence-electron chi connectivity index (χ0n) is 24.3. The number of hydrogen-bond donors (Lipinski definition) is 0. The molecule has 2 aromatic rings. The Morgan fingerprint density at radius 3 is 1.08 bits per heavy atom. The zero-order valence-corrected chi connectivity index (χ0v) is 25.9. The summed E-state index contributed by atoms with van der Waals surface area (Å²) in [4.78, 5) is 14.2. The van der Waals surface area contributed by atoms with Crippen molar-refractivity contribution in [3.63, 3.8) is 0 Å². The van der Waals surface area contributed by atoms with E-state index in [0.29, 0.717) is 23.7 Å². The van der Waals surface area contributed by atoms with Gasteiger partial charge in [-0.1, -0.05) is 91.8 Å². The molecule has 1 saturated heterocycles. The van der Waals surface area contributed by atoms with Gasteiger partial charge in [-0.25, -0.2) is 0 Å². The Labute approximate surface area is 243 Å². The van der Waals surface area contributed by atoms with Crippen molar-refractivity contribution in [3.05, 3.63) is 72.0 Å². The number of aliphatic carboxylic acids is 1. The Kier molecular flexibility index (Phi) is 18.7. The summed E-state index contributed by atoms with van der Waals surface area (Å²) in [7, 11) is 0. The second-order valence-corrected chi connectivity index (χ2v) is 10.3. The molecule has 0 aromatic heterocycles. The third-order valence-corrected chi connectivity index (χ3v) is 6.30. The maximum atomic E-state index is 8.89. The van der Waals surface area contributed by atoms with Gasteiger partial charge in [0.15, 0.2) is 0 Å². The third kappa shape index (κ3) is 10.4.